The number of hydrogen-bond donors (Lipinski definition) is 0. The van der Waals surface area contributed by atoms with Crippen molar-refractivity contribution in [3.8, 4) is 0 Å². The first-order chi connectivity index (χ1) is 6.45. The van der Waals surface area contributed by atoms with Crippen molar-refractivity contribution in [2.45, 2.75) is 19.0 Å². The molecule has 1 aromatic carbocycles. The van der Waals surface area contributed by atoms with E-state index in [2.05, 4.69) is 0 Å². The van der Waals surface area contributed by atoms with Crippen molar-refractivity contribution in [2.75, 3.05) is 6.67 Å². The maximum absolute atomic E-state index is 12.2. The van der Waals surface area contributed by atoms with Gasteiger partial charge >= 0.3 is 6.18 Å². The first kappa shape index (κ1) is 11.0. The van der Waals surface area contributed by atoms with Crippen molar-refractivity contribution in [3.63, 3.8) is 0 Å². The van der Waals surface area contributed by atoms with Gasteiger partial charge in [-0.25, -0.2) is 0 Å². The Bertz CT molecular complexity index is 303. The van der Waals surface area contributed by atoms with E-state index in [9.17, 15) is 17.6 Å². The van der Waals surface area contributed by atoms with E-state index in [4.69, 9.17) is 0 Å². The van der Waals surface area contributed by atoms with E-state index < -0.39 is 24.3 Å². The van der Waals surface area contributed by atoms with Crippen LogP contribution in [0.25, 0.3) is 0 Å². The number of alkyl halides is 4. The van der Waals surface area contributed by atoms with Crippen LogP contribution in [-0.2, 0) is 6.18 Å². The van der Waals surface area contributed by atoms with E-state index in [1.165, 1.54) is 12.1 Å². The Hall–Kier alpha value is -1.06. The summed E-state index contributed by atoms with van der Waals surface area (Å²) in [4.78, 5) is 0. The number of benzene rings is 1. The molecule has 0 fully saturated rings. The fourth-order valence-corrected chi connectivity index (χ4v) is 1.11. The van der Waals surface area contributed by atoms with Gasteiger partial charge in [-0.2, -0.15) is 13.2 Å². The lowest BCUT2D eigenvalue weighted by Crippen LogP contribution is -2.06. The summed E-state index contributed by atoms with van der Waals surface area (Å²) in [7, 11) is 0. The molecule has 0 aromatic heterocycles. The normalized spacial score (nSPS) is 14.1. The zero-order valence-electron chi connectivity index (χ0n) is 7.61. The first-order valence-corrected chi connectivity index (χ1v) is 4.18. The molecular weight excluding hydrogens is 196 g/mol. The lowest BCUT2D eigenvalue weighted by molar-refractivity contribution is -0.137. The van der Waals surface area contributed by atoms with E-state index in [1.54, 1.807) is 6.92 Å². The van der Waals surface area contributed by atoms with Gasteiger partial charge in [0.2, 0.25) is 0 Å². The Labute approximate surface area is 79.6 Å². The molecule has 0 heterocycles. The van der Waals surface area contributed by atoms with Crippen molar-refractivity contribution >= 4 is 0 Å². The number of rotatable bonds is 2. The maximum Gasteiger partial charge on any atom is 0.416 e. The van der Waals surface area contributed by atoms with Gasteiger partial charge in [-0.15, -0.1) is 0 Å². The van der Waals surface area contributed by atoms with Crippen LogP contribution in [0.3, 0.4) is 0 Å². The molecule has 14 heavy (non-hydrogen) atoms. The highest BCUT2D eigenvalue weighted by atomic mass is 19.4. The summed E-state index contributed by atoms with van der Waals surface area (Å²) in [5, 5.41) is 0. The molecule has 1 rings (SSSR count). The molecule has 0 bridgehead atoms. The third kappa shape index (κ3) is 2.47. The van der Waals surface area contributed by atoms with Gasteiger partial charge in [-0.05, 0) is 11.6 Å². The standard InChI is InChI=1S/C10H10F4/c1-7(6-11)8-3-2-4-9(5-8)10(12,13)14/h2-5,7H,6H2,1H3. The Morgan fingerprint density at radius 3 is 2.43 bits per heavy atom. The predicted octanol–water partition coefficient (Wildman–Crippen LogP) is 3.78. The highest BCUT2D eigenvalue weighted by molar-refractivity contribution is 5.27. The van der Waals surface area contributed by atoms with Crippen molar-refractivity contribution in [1.29, 1.82) is 0 Å². The third-order valence-corrected chi connectivity index (χ3v) is 2.01. The zero-order valence-corrected chi connectivity index (χ0v) is 7.61. The van der Waals surface area contributed by atoms with Crippen LogP contribution in [0.2, 0.25) is 0 Å². The van der Waals surface area contributed by atoms with Gasteiger partial charge in [0.05, 0.1) is 12.2 Å². The summed E-state index contributed by atoms with van der Waals surface area (Å²) in [5.41, 5.74) is -0.349. The van der Waals surface area contributed by atoms with Crippen molar-refractivity contribution in [1.82, 2.24) is 0 Å². The monoisotopic (exact) mass is 206 g/mol. The molecule has 0 aliphatic rings. The molecular formula is C10H10F4. The summed E-state index contributed by atoms with van der Waals surface area (Å²) < 4.78 is 48.9. The summed E-state index contributed by atoms with van der Waals surface area (Å²) in [5.74, 6) is -0.489. The molecule has 0 N–H and O–H groups in total. The molecule has 1 aromatic rings. The molecule has 4 heteroatoms. The van der Waals surface area contributed by atoms with Crippen LogP contribution in [0.1, 0.15) is 24.0 Å². The minimum Gasteiger partial charge on any atom is -0.250 e. The van der Waals surface area contributed by atoms with Crippen LogP contribution in [-0.4, -0.2) is 6.67 Å². The highest BCUT2D eigenvalue weighted by Crippen LogP contribution is 2.31. The molecule has 0 amide bonds. The van der Waals surface area contributed by atoms with Crippen LogP contribution in [0, 0.1) is 0 Å². The minimum absolute atomic E-state index is 0.377. The van der Waals surface area contributed by atoms with Gasteiger partial charge in [-0.1, -0.05) is 25.1 Å². The maximum atomic E-state index is 12.2. The number of hydrogen-bond acceptors (Lipinski definition) is 0. The second-order valence-corrected chi connectivity index (χ2v) is 3.18. The van der Waals surface area contributed by atoms with Crippen LogP contribution in [0.4, 0.5) is 17.6 Å². The van der Waals surface area contributed by atoms with Crippen LogP contribution in [0.5, 0.6) is 0 Å². The van der Waals surface area contributed by atoms with E-state index in [0.717, 1.165) is 12.1 Å². The minimum atomic E-state index is -4.36. The molecule has 0 saturated carbocycles. The largest absolute Gasteiger partial charge is 0.416 e. The second kappa shape index (κ2) is 3.98. The van der Waals surface area contributed by atoms with Gasteiger partial charge in [-0.3, -0.25) is 4.39 Å². The van der Waals surface area contributed by atoms with E-state index in [-0.39, 0.29) is 0 Å². The SMILES string of the molecule is CC(CF)c1cccc(C(F)(F)F)c1. The molecule has 0 aliphatic heterocycles. The van der Waals surface area contributed by atoms with Gasteiger partial charge in [0.15, 0.2) is 0 Å². The van der Waals surface area contributed by atoms with Crippen LogP contribution >= 0.6 is 0 Å². The smallest absolute Gasteiger partial charge is 0.250 e. The predicted molar refractivity (Wildman–Crippen MR) is 45.8 cm³/mol. The van der Waals surface area contributed by atoms with Crippen LogP contribution < -0.4 is 0 Å². The van der Waals surface area contributed by atoms with Gasteiger partial charge in [0.25, 0.3) is 0 Å². The molecule has 1 atom stereocenters. The fourth-order valence-electron chi connectivity index (χ4n) is 1.11. The van der Waals surface area contributed by atoms with E-state index in [0.29, 0.717) is 5.56 Å². The molecule has 0 spiro atoms. The molecule has 0 radical (unpaired) electrons. The summed E-state index contributed by atoms with van der Waals surface area (Å²) in [6.07, 6.45) is -4.36. The third-order valence-electron chi connectivity index (χ3n) is 2.01. The molecule has 0 nitrogen and oxygen atoms in total. The molecule has 0 aliphatic carbocycles. The Morgan fingerprint density at radius 2 is 1.93 bits per heavy atom. The molecule has 1 unspecified atom stereocenters. The Morgan fingerprint density at radius 1 is 1.29 bits per heavy atom. The van der Waals surface area contributed by atoms with Gasteiger partial charge in [0.1, 0.15) is 0 Å². The lowest BCUT2D eigenvalue weighted by Gasteiger charge is -2.11. The van der Waals surface area contributed by atoms with Gasteiger partial charge < -0.3 is 0 Å². The highest BCUT2D eigenvalue weighted by Gasteiger charge is 2.30. The van der Waals surface area contributed by atoms with Crippen molar-refractivity contribution in [2.24, 2.45) is 0 Å². The topological polar surface area (TPSA) is 0 Å². The zero-order chi connectivity index (χ0) is 10.8. The van der Waals surface area contributed by atoms with Gasteiger partial charge in [0, 0.05) is 5.92 Å². The molecule has 0 saturated heterocycles. The Kier molecular flexibility index (Phi) is 3.13. The number of halogens is 4. The summed E-state index contributed by atoms with van der Waals surface area (Å²) in [6, 6.07) is 4.77. The average Bonchev–Trinajstić information content (AvgIpc) is 2.15. The average molecular weight is 206 g/mol. The van der Waals surface area contributed by atoms with E-state index >= 15 is 0 Å². The quantitative estimate of drug-likeness (QED) is 0.646. The first-order valence-electron chi connectivity index (χ1n) is 4.18. The van der Waals surface area contributed by atoms with Crippen molar-refractivity contribution < 1.29 is 17.6 Å². The lowest BCUT2D eigenvalue weighted by atomic mass is 10.0. The van der Waals surface area contributed by atoms with E-state index in [1.807, 2.05) is 0 Å². The molecule has 78 valence electrons. The second-order valence-electron chi connectivity index (χ2n) is 3.18. The summed E-state index contributed by atoms with van der Waals surface area (Å²) >= 11 is 0. The fraction of sp³-hybridized carbons (Fsp3) is 0.400. The summed E-state index contributed by atoms with van der Waals surface area (Å²) in [6.45, 7) is 0.900. The van der Waals surface area contributed by atoms with Crippen LogP contribution in [0.15, 0.2) is 24.3 Å². The van der Waals surface area contributed by atoms with Crippen molar-refractivity contribution in [3.05, 3.63) is 35.4 Å². The Balaban J connectivity index is 3.01.